The van der Waals surface area contributed by atoms with Crippen LogP contribution < -0.4 is 15.8 Å². The molecule has 2 N–H and O–H groups in total. The van der Waals surface area contributed by atoms with Crippen molar-refractivity contribution in [3.63, 3.8) is 0 Å². The Morgan fingerprint density at radius 2 is 1.39 bits per heavy atom. The molecular formula is C25H31N3O5. The Morgan fingerprint density at radius 3 is 1.91 bits per heavy atom. The Hall–Kier alpha value is -3.39. The number of anilines is 1. The third-order valence-corrected chi connectivity index (χ3v) is 5.65. The van der Waals surface area contributed by atoms with Crippen molar-refractivity contribution in [2.45, 2.75) is 38.7 Å². The van der Waals surface area contributed by atoms with E-state index >= 15 is 0 Å². The number of hydrogen-bond donors (Lipinski definition) is 2. The quantitative estimate of drug-likeness (QED) is 0.362. The van der Waals surface area contributed by atoms with Gasteiger partial charge in [0.1, 0.15) is 0 Å². The van der Waals surface area contributed by atoms with Gasteiger partial charge in [-0.1, -0.05) is 13.3 Å². The first-order valence-electron chi connectivity index (χ1n) is 11.3. The van der Waals surface area contributed by atoms with E-state index in [4.69, 9.17) is 4.74 Å². The van der Waals surface area contributed by atoms with Gasteiger partial charge in [0.15, 0.2) is 0 Å². The van der Waals surface area contributed by atoms with Gasteiger partial charge in [0.25, 0.3) is 11.8 Å². The van der Waals surface area contributed by atoms with E-state index in [2.05, 4.69) is 27.4 Å². The standard InChI is InChI=1S/C25H31N3O5/c1-3-4-17-33-22-13-15-28(16-14-22)21-11-9-19(10-12-21)24(30)27-26-23(29)18-5-7-20(8-6-18)25(31)32-2/h5-12,22H,3-4,13-17H2,1-2H3,(H,26,29)(H,27,30). The molecule has 0 aliphatic carbocycles. The van der Waals surface area contributed by atoms with Crippen LogP contribution in [0.3, 0.4) is 0 Å². The molecule has 8 nitrogen and oxygen atoms in total. The lowest BCUT2D eigenvalue weighted by atomic mass is 10.1. The number of esters is 1. The predicted octanol–water partition coefficient (Wildman–Crippen LogP) is 3.33. The van der Waals surface area contributed by atoms with E-state index in [1.165, 1.54) is 31.4 Å². The van der Waals surface area contributed by atoms with Crippen LogP contribution >= 0.6 is 0 Å². The Kier molecular flexibility index (Phi) is 8.83. The third-order valence-electron chi connectivity index (χ3n) is 5.65. The summed E-state index contributed by atoms with van der Waals surface area (Å²) in [6, 6.07) is 13.3. The summed E-state index contributed by atoms with van der Waals surface area (Å²) < 4.78 is 10.6. The van der Waals surface area contributed by atoms with Gasteiger partial charge in [0.05, 0.1) is 18.8 Å². The van der Waals surface area contributed by atoms with Crippen molar-refractivity contribution in [1.29, 1.82) is 0 Å². The van der Waals surface area contributed by atoms with Crippen LogP contribution in [0.15, 0.2) is 48.5 Å². The number of hydrogen-bond acceptors (Lipinski definition) is 6. The number of nitrogens with one attached hydrogen (secondary N) is 2. The largest absolute Gasteiger partial charge is 0.465 e. The first-order chi connectivity index (χ1) is 16.0. The molecule has 0 unspecified atom stereocenters. The van der Waals surface area contributed by atoms with Crippen molar-refractivity contribution in [1.82, 2.24) is 10.9 Å². The molecule has 0 radical (unpaired) electrons. The van der Waals surface area contributed by atoms with Crippen molar-refractivity contribution < 1.29 is 23.9 Å². The number of hydrazine groups is 1. The molecule has 1 aliphatic rings. The van der Waals surface area contributed by atoms with E-state index in [0.29, 0.717) is 22.8 Å². The minimum Gasteiger partial charge on any atom is -0.465 e. The summed E-state index contributed by atoms with van der Waals surface area (Å²) >= 11 is 0. The molecule has 0 saturated carbocycles. The molecular weight excluding hydrogens is 422 g/mol. The number of rotatable bonds is 8. The second-order valence-corrected chi connectivity index (χ2v) is 7.93. The zero-order chi connectivity index (χ0) is 23.6. The maximum absolute atomic E-state index is 12.4. The highest BCUT2D eigenvalue weighted by Crippen LogP contribution is 2.22. The topological polar surface area (TPSA) is 97.0 Å². The number of ether oxygens (including phenoxy) is 2. The van der Waals surface area contributed by atoms with Crippen LogP contribution in [0, 0.1) is 0 Å². The van der Waals surface area contributed by atoms with E-state index in [9.17, 15) is 14.4 Å². The van der Waals surface area contributed by atoms with Crippen LogP contribution in [-0.2, 0) is 9.47 Å². The Morgan fingerprint density at radius 1 is 0.879 bits per heavy atom. The number of methoxy groups -OCH3 is 1. The second kappa shape index (κ2) is 12.0. The highest BCUT2D eigenvalue weighted by atomic mass is 16.5. The van der Waals surface area contributed by atoms with Gasteiger partial charge in [0.2, 0.25) is 0 Å². The molecule has 2 amide bonds. The number of benzene rings is 2. The first-order valence-corrected chi connectivity index (χ1v) is 11.3. The van der Waals surface area contributed by atoms with Crippen LogP contribution in [0.2, 0.25) is 0 Å². The molecule has 0 aromatic heterocycles. The van der Waals surface area contributed by atoms with E-state index in [-0.39, 0.29) is 0 Å². The SMILES string of the molecule is CCCCOC1CCN(c2ccc(C(=O)NNC(=O)c3ccc(C(=O)OC)cc3)cc2)CC1. The van der Waals surface area contributed by atoms with Crippen LogP contribution in [0.5, 0.6) is 0 Å². The molecule has 1 saturated heterocycles. The van der Waals surface area contributed by atoms with Crippen LogP contribution in [-0.4, -0.2) is 50.7 Å². The monoisotopic (exact) mass is 453 g/mol. The fourth-order valence-corrected chi connectivity index (χ4v) is 3.63. The molecule has 3 rings (SSSR count). The number of piperidine rings is 1. The molecule has 1 heterocycles. The summed E-state index contributed by atoms with van der Waals surface area (Å²) in [5, 5.41) is 0. The Labute approximate surface area is 194 Å². The van der Waals surface area contributed by atoms with Crippen molar-refractivity contribution in [2.75, 3.05) is 31.7 Å². The average molecular weight is 454 g/mol. The Bertz CT molecular complexity index is 936. The number of nitrogens with zero attached hydrogens (tertiary/aromatic N) is 1. The maximum Gasteiger partial charge on any atom is 0.337 e. The fraction of sp³-hybridized carbons (Fsp3) is 0.400. The van der Waals surface area contributed by atoms with Crippen LogP contribution in [0.4, 0.5) is 5.69 Å². The van der Waals surface area contributed by atoms with Crippen LogP contribution in [0.1, 0.15) is 63.7 Å². The smallest absolute Gasteiger partial charge is 0.337 e. The van der Waals surface area contributed by atoms with E-state index in [1.54, 1.807) is 12.1 Å². The molecule has 8 heteroatoms. The van der Waals surface area contributed by atoms with E-state index < -0.39 is 17.8 Å². The van der Waals surface area contributed by atoms with Gasteiger partial charge in [-0.25, -0.2) is 4.79 Å². The van der Waals surface area contributed by atoms with E-state index in [1.807, 2.05) is 12.1 Å². The number of unbranched alkanes of at least 4 members (excludes halogenated alkanes) is 1. The Balaban J connectivity index is 1.46. The fourth-order valence-electron chi connectivity index (χ4n) is 3.63. The zero-order valence-corrected chi connectivity index (χ0v) is 19.1. The van der Waals surface area contributed by atoms with Gasteiger partial charge in [-0.2, -0.15) is 0 Å². The van der Waals surface area contributed by atoms with Crippen molar-refractivity contribution in [3.8, 4) is 0 Å². The number of carbonyl (C=O) groups excluding carboxylic acids is 3. The molecule has 2 aromatic rings. The molecule has 2 aromatic carbocycles. The second-order valence-electron chi connectivity index (χ2n) is 7.93. The average Bonchev–Trinajstić information content (AvgIpc) is 2.87. The van der Waals surface area contributed by atoms with Crippen molar-refractivity contribution in [3.05, 3.63) is 65.2 Å². The van der Waals surface area contributed by atoms with Crippen LogP contribution in [0.25, 0.3) is 0 Å². The lowest BCUT2D eigenvalue weighted by Gasteiger charge is -2.33. The molecule has 1 fully saturated rings. The first kappa shape index (κ1) is 24.3. The summed E-state index contributed by atoms with van der Waals surface area (Å²) in [6.07, 6.45) is 4.58. The summed E-state index contributed by atoms with van der Waals surface area (Å²) in [6.45, 7) is 4.84. The van der Waals surface area contributed by atoms with Gasteiger partial charge >= 0.3 is 5.97 Å². The van der Waals surface area contributed by atoms with E-state index in [0.717, 1.165) is 51.1 Å². The molecule has 0 spiro atoms. The lowest BCUT2D eigenvalue weighted by Crippen LogP contribution is -2.41. The summed E-state index contributed by atoms with van der Waals surface area (Å²) in [5.41, 5.74) is 6.95. The molecule has 0 atom stereocenters. The normalized spacial score (nSPS) is 13.9. The zero-order valence-electron chi connectivity index (χ0n) is 19.1. The highest BCUT2D eigenvalue weighted by Gasteiger charge is 2.20. The van der Waals surface area contributed by atoms with Crippen molar-refractivity contribution in [2.24, 2.45) is 0 Å². The molecule has 0 bridgehead atoms. The number of carbonyl (C=O) groups is 3. The summed E-state index contributed by atoms with van der Waals surface area (Å²) in [4.78, 5) is 38.4. The summed E-state index contributed by atoms with van der Waals surface area (Å²) in [5.74, 6) is -1.38. The third kappa shape index (κ3) is 6.79. The molecule has 33 heavy (non-hydrogen) atoms. The van der Waals surface area contributed by atoms with Crippen molar-refractivity contribution >= 4 is 23.5 Å². The molecule has 1 aliphatic heterocycles. The van der Waals surface area contributed by atoms with Gasteiger partial charge in [-0.05, 0) is 67.8 Å². The van der Waals surface area contributed by atoms with Gasteiger partial charge in [-0.15, -0.1) is 0 Å². The van der Waals surface area contributed by atoms with Gasteiger partial charge in [-0.3, -0.25) is 20.4 Å². The minimum absolute atomic E-state index is 0.306. The highest BCUT2D eigenvalue weighted by molar-refractivity contribution is 5.99. The number of amides is 2. The maximum atomic E-state index is 12.4. The van der Waals surface area contributed by atoms with Gasteiger partial charge < -0.3 is 14.4 Å². The molecule has 176 valence electrons. The summed E-state index contributed by atoms with van der Waals surface area (Å²) in [7, 11) is 1.29. The minimum atomic E-state index is -0.486. The van der Waals surface area contributed by atoms with Gasteiger partial charge in [0, 0.05) is 36.5 Å². The predicted molar refractivity (Wildman–Crippen MR) is 125 cm³/mol. The lowest BCUT2D eigenvalue weighted by molar-refractivity contribution is 0.0354.